The van der Waals surface area contributed by atoms with E-state index in [2.05, 4.69) is 34.3 Å². The molecule has 4 aromatic rings. The fourth-order valence-electron chi connectivity index (χ4n) is 4.56. The zero-order valence-corrected chi connectivity index (χ0v) is 20.2. The van der Waals surface area contributed by atoms with Crippen molar-refractivity contribution in [2.45, 2.75) is 17.0 Å². The molecule has 6 nitrogen and oxygen atoms in total. The molecule has 1 aliphatic heterocycles. The predicted octanol–water partition coefficient (Wildman–Crippen LogP) is 4.91. The third-order valence-corrected chi connectivity index (χ3v) is 7.65. The molecule has 36 heavy (non-hydrogen) atoms. The topological polar surface area (TPSA) is 85.3 Å². The van der Waals surface area contributed by atoms with E-state index in [0.717, 1.165) is 22.8 Å². The number of hydrogen-bond donors (Lipinski definition) is 3. The van der Waals surface area contributed by atoms with Crippen LogP contribution < -0.4 is 10.0 Å². The van der Waals surface area contributed by atoms with E-state index in [1.54, 1.807) is 18.2 Å². The predicted molar refractivity (Wildman–Crippen MR) is 139 cm³/mol. The second kappa shape index (κ2) is 9.47. The molecule has 0 aliphatic carbocycles. The summed E-state index contributed by atoms with van der Waals surface area (Å²) in [6, 6.07) is 32.0. The van der Waals surface area contributed by atoms with E-state index in [0.29, 0.717) is 18.8 Å². The van der Waals surface area contributed by atoms with Crippen LogP contribution in [0.2, 0.25) is 0 Å². The smallest absolute Gasteiger partial charge is 0.261 e. The average molecular weight is 501 g/mol. The minimum atomic E-state index is -3.94. The van der Waals surface area contributed by atoms with Crippen LogP contribution in [0.4, 0.5) is 10.1 Å². The van der Waals surface area contributed by atoms with Crippen molar-refractivity contribution in [2.24, 2.45) is 0 Å². The summed E-state index contributed by atoms with van der Waals surface area (Å²) in [5.41, 5.74) is 2.72. The summed E-state index contributed by atoms with van der Waals surface area (Å²) in [6.45, 7) is 0.932. The zero-order valence-electron chi connectivity index (χ0n) is 19.4. The monoisotopic (exact) mass is 500 g/mol. The van der Waals surface area contributed by atoms with Gasteiger partial charge in [0.15, 0.2) is 5.96 Å². The van der Waals surface area contributed by atoms with Gasteiger partial charge in [0.1, 0.15) is 11.4 Å². The molecule has 0 saturated carbocycles. The lowest BCUT2D eigenvalue weighted by molar-refractivity contribution is 0.379. The minimum absolute atomic E-state index is 0.145. The van der Waals surface area contributed by atoms with Gasteiger partial charge in [-0.25, -0.2) is 12.8 Å². The Hall–Kier alpha value is -4.17. The SMILES string of the molecule is N=C1NC(c2ccccc2)(c2ccccc2)CN1Cc1cccc(NS(=O)(=O)c2cccc(F)c2)c1. The van der Waals surface area contributed by atoms with Gasteiger partial charge in [-0.1, -0.05) is 78.9 Å². The van der Waals surface area contributed by atoms with Gasteiger partial charge in [0, 0.05) is 12.2 Å². The van der Waals surface area contributed by atoms with Gasteiger partial charge in [0.05, 0.1) is 11.4 Å². The number of nitrogens with zero attached hydrogens (tertiary/aromatic N) is 1. The quantitative estimate of drug-likeness (QED) is 0.337. The van der Waals surface area contributed by atoms with Crippen LogP contribution in [0, 0.1) is 11.2 Å². The normalized spacial score (nSPS) is 14.9. The highest BCUT2D eigenvalue weighted by atomic mass is 32.2. The molecule has 1 fully saturated rings. The molecule has 0 atom stereocenters. The Labute approximate surface area is 210 Å². The van der Waals surface area contributed by atoms with Gasteiger partial charge in [-0.15, -0.1) is 0 Å². The summed E-state index contributed by atoms with van der Waals surface area (Å²) in [7, 11) is -3.94. The molecule has 0 bridgehead atoms. The van der Waals surface area contributed by atoms with E-state index in [9.17, 15) is 12.8 Å². The lowest BCUT2D eigenvalue weighted by Crippen LogP contribution is -2.41. The molecule has 182 valence electrons. The summed E-state index contributed by atoms with van der Waals surface area (Å²) in [5.74, 6) is -0.333. The Balaban J connectivity index is 1.40. The molecule has 0 amide bonds. The molecule has 1 aliphatic rings. The van der Waals surface area contributed by atoms with Crippen LogP contribution in [0.15, 0.2) is 114 Å². The molecule has 1 saturated heterocycles. The molecular formula is C28H25FN4O2S. The number of anilines is 1. The Kier molecular flexibility index (Phi) is 6.20. The van der Waals surface area contributed by atoms with Crippen molar-refractivity contribution >= 4 is 21.7 Å². The number of rotatable bonds is 7. The van der Waals surface area contributed by atoms with Gasteiger partial charge in [-0.3, -0.25) is 10.1 Å². The van der Waals surface area contributed by atoms with Crippen LogP contribution in [0.25, 0.3) is 0 Å². The van der Waals surface area contributed by atoms with Crippen LogP contribution >= 0.6 is 0 Å². The van der Waals surface area contributed by atoms with Crippen molar-refractivity contribution in [1.82, 2.24) is 10.2 Å². The van der Waals surface area contributed by atoms with Crippen molar-refractivity contribution in [3.63, 3.8) is 0 Å². The van der Waals surface area contributed by atoms with Gasteiger partial charge in [-0.2, -0.15) is 0 Å². The molecule has 8 heteroatoms. The Morgan fingerprint density at radius 1 is 0.861 bits per heavy atom. The first-order valence-electron chi connectivity index (χ1n) is 11.5. The second-order valence-electron chi connectivity index (χ2n) is 8.73. The largest absolute Gasteiger partial charge is 0.341 e. The first kappa shape index (κ1) is 23.6. The molecule has 5 rings (SSSR count). The minimum Gasteiger partial charge on any atom is -0.341 e. The van der Waals surface area contributed by atoms with Gasteiger partial charge in [0.25, 0.3) is 10.0 Å². The highest BCUT2D eigenvalue weighted by Gasteiger charge is 2.43. The molecule has 3 N–H and O–H groups in total. The maximum Gasteiger partial charge on any atom is 0.261 e. The van der Waals surface area contributed by atoms with Crippen LogP contribution in [0.3, 0.4) is 0 Å². The summed E-state index contributed by atoms with van der Waals surface area (Å²) in [5, 5.41) is 12.1. The molecule has 0 radical (unpaired) electrons. The second-order valence-corrected chi connectivity index (χ2v) is 10.4. The van der Waals surface area contributed by atoms with Crippen molar-refractivity contribution in [2.75, 3.05) is 11.3 Å². The summed E-state index contributed by atoms with van der Waals surface area (Å²) in [4.78, 5) is 1.79. The number of sulfonamides is 1. The summed E-state index contributed by atoms with van der Waals surface area (Å²) in [6.07, 6.45) is 0. The first-order chi connectivity index (χ1) is 17.4. The number of hydrogen-bond acceptors (Lipinski definition) is 3. The van der Waals surface area contributed by atoms with Crippen molar-refractivity contribution in [3.05, 3.63) is 132 Å². The summed E-state index contributed by atoms with van der Waals surface area (Å²) >= 11 is 0. The van der Waals surface area contributed by atoms with E-state index in [1.807, 2.05) is 47.4 Å². The highest BCUT2D eigenvalue weighted by molar-refractivity contribution is 7.92. The Morgan fingerprint density at radius 2 is 1.50 bits per heavy atom. The maximum absolute atomic E-state index is 13.5. The number of nitrogens with one attached hydrogen (secondary N) is 3. The third kappa shape index (κ3) is 4.67. The highest BCUT2D eigenvalue weighted by Crippen LogP contribution is 2.35. The van der Waals surface area contributed by atoms with Crippen LogP contribution in [0.1, 0.15) is 16.7 Å². The van der Waals surface area contributed by atoms with E-state index in [1.165, 1.54) is 18.2 Å². The van der Waals surface area contributed by atoms with Crippen molar-refractivity contribution in [1.29, 1.82) is 5.41 Å². The lowest BCUT2D eigenvalue weighted by atomic mass is 9.83. The van der Waals surface area contributed by atoms with Gasteiger partial charge < -0.3 is 10.2 Å². The molecular weight excluding hydrogens is 475 g/mol. The Bertz CT molecular complexity index is 1460. The number of halogens is 1. The van der Waals surface area contributed by atoms with Gasteiger partial charge in [0.2, 0.25) is 0 Å². The van der Waals surface area contributed by atoms with Crippen LogP contribution in [-0.2, 0) is 22.1 Å². The standard InChI is InChI=1S/C28H25FN4O2S/c29-24-14-8-16-26(18-24)36(34,35)32-25-15-7-9-21(17-25)19-33-20-28(31-27(33)30,22-10-3-1-4-11-22)23-12-5-2-6-13-23/h1-18,32H,19-20H2,(H2,30,31). The van der Waals surface area contributed by atoms with E-state index in [-0.39, 0.29) is 10.9 Å². The number of benzene rings is 4. The summed E-state index contributed by atoms with van der Waals surface area (Å²) < 4.78 is 41.5. The number of guanidine groups is 1. The molecule has 1 heterocycles. The maximum atomic E-state index is 13.5. The molecule has 4 aromatic carbocycles. The first-order valence-corrected chi connectivity index (χ1v) is 12.9. The van der Waals surface area contributed by atoms with E-state index < -0.39 is 21.4 Å². The molecule has 0 unspecified atom stereocenters. The average Bonchev–Trinajstić information content (AvgIpc) is 3.22. The van der Waals surface area contributed by atoms with E-state index in [4.69, 9.17) is 5.41 Å². The van der Waals surface area contributed by atoms with Gasteiger partial charge in [-0.05, 0) is 47.0 Å². The van der Waals surface area contributed by atoms with Gasteiger partial charge >= 0.3 is 0 Å². The third-order valence-electron chi connectivity index (χ3n) is 6.27. The zero-order chi connectivity index (χ0) is 25.2. The van der Waals surface area contributed by atoms with Crippen molar-refractivity contribution in [3.8, 4) is 0 Å². The van der Waals surface area contributed by atoms with Crippen LogP contribution in [0.5, 0.6) is 0 Å². The fourth-order valence-corrected chi connectivity index (χ4v) is 5.64. The van der Waals surface area contributed by atoms with E-state index >= 15 is 0 Å². The molecule has 0 spiro atoms. The van der Waals surface area contributed by atoms with Crippen molar-refractivity contribution < 1.29 is 12.8 Å². The Morgan fingerprint density at radius 3 is 2.14 bits per heavy atom. The lowest BCUT2D eigenvalue weighted by Gasteiger charge is -2.30. The molecule has 0 aromatic heterocycles. The van der Waals surface area contributed by atoms with Crippen LogP contribution in [-0.4, -0.2) is 25.8 Å². The fraction of sp³-hybridized carbons (Fsp3) is 0.107.